The molecule has 0 bridgehead atoms. The molecule has 1 atom stereocenters. The van der Waals surface area contributed by atoms with Crippen LogP contribution in [-0.4, -0.2) is 22.8 Å². The molecule has 2 aromatic rings. The van der Waals surface area contributed by atoms with Gasteiger partial charge in [0, 0.05) is 24.5 Å². The number of thiazole rings is 1. The van der Waals surface area contributed by atoms with E-state index in [2.05, 4.69) is 4.98 Å². The first-order valence-electron chi connectivity index (χ1n) is 5.98. The topological polar surface area (TPSA) is 72.4 Å². The van der Waals surface area contributed by atoms with Gasteiger partial charge in [-0.1, -0.05) is 0 Å². The van der Waals surface area contributed by atoms with Crippen molar-refractivity contribution in [2.45, 2.75) is 26.4 Å². The maximum Gasteiger partial charge on any atom is 0.273 e. The van der Waals surface area contributed by atoms with Gasteiger partial charge < -0.3 is 15.1 Å². The van der Waals surface area contributed by atoms with Gasteiger partial charge in [-0.15, -0.1) is 11.3 Å². The Kier molecular flexibility index (Phi) is 4.01. The van der Waals surface area contributed by atoms with Crippen LogP contribution in [0, 0.1) is 6.92 Å². The van der Waals surface area contributed by atoms with Crippen molar-refractivity contribution < 1.29 is 9.21 Å². The highest BCUT2D eigenvalue weighted by Crippen LogP contribution is 2.18. The lowest BCUT2D eigenvalue weighted by Crippen LogP contribution is -2.26. The molecule has 0 spiro atoms. The van der Waals surface area contributed by atoms with Crippen LogP contribution in [0.4, 0.5) is 0 Å². The lowest BCUT2D eigenvalue weighted by Gasteiger charge is -2.15. The molecule has 2 N–H and O–H groups in total. The second-order valence-corrected chi connectivity index (χ2v) is 5.41. The monoisotopic (exact) mass is 279 g/mol. The van der Waals surface area contributed by atoms with Crippen LogP contribution < -0.4 is 5.73 Å². The third kappa shape index (κ3) is 3.02. The van der Waals surface area contributed by atoms with E-state index in [1.165, 1.54) is 11.3 Å². The summed E-state index contributed by atoms with van der Waals surface area (Å²) in [6.45, 7) is 4.24. The van der Waals surface area contributed by atoms with Crippen LogP contribution in [0.5, 0.6) is 0 Å². The minimum absolute atomic E-state index is 0.108. The first kappa shape index (κ1) is 13.8. The number of carbonyl (C=O) groups excluding carboxylic acids is 1. The summed E-state index contributed by atoms with van der Waals surface area (Å²) in [7, 11) is 1.75. The number of amides is 1. The minimum Gasteiger partial charge on any atom is -0.469 e. The van der Waals surface area contributed by atoms with Crippen molar-refractivity contribution in [3.63, 3.8) is 0 Å². The van der Waals surface area contributed by atoms with E-state index >= 15 is 0 Å². The number of rotatable bonds is 4. The highest BCUT2D eigenvalue weighted by molar-refractivity contribution is 7.09. The van der Waals surface area contributed by atoms with Crippen molar-refractivity contribution in [1.29, 1.82) is 0 Å². The average molecular weight is 279 g/mol. The van der Waals surface area contributed by atoms with Gasteiger partial charge in [0.25, 0.3) is 5.91 Å². The fourth-order valence-corrected chi connectivity index (χ4v) is 2.44. The van der Waals surface area contributed by atoms with Gasteiger partial charge in [-0.2, -0.15) is 0 Å². The smallest absolute Gasteiger partial charge is 0.273 e. The van der Waals surface area contributed by atoms with Crippen LogP contribution in [-0.2, 0) is 6.54 Å². The Hall–Kier alpha value is -1.66. The van der Waals surface area contributed by atoms with E-state index < -0.39 is 0 Å². The summed E-state index contributed by atoms with van der Waals surface area (Å²) in [5.74, 6) is 0.720. The predicted octanol–water partition coefficient (Wildman–Crippen LogP) is 2.34. The molecule has 102 valence electrons. The van der Waals surface area contributed by atoms with E-state index in [9.17, 15) is 4.79 Å². The first-order valence-corrected chi connectivity index (χ1v) is 6.86. The number of aromatic nitrogens is 1. The zero-order chi connectivity index (χ0) is 14.0. The lowest BCUT2D eigenvalue weighted by molar-refractivity contribution is 0.0779. The SMILES string of the molecule is Cc1occc1CN(C)C(=O)c1csc(C(C)N)n1. The molecule has 19 heavy (non-hydrogen) atoms. The molecule has 0 radical (unpaired) electrons. The Morgan fingerprint density at radius 2 is 2.37 bits per heavy atom. The number of nitrogens with zero attached hydrogens (tertiary/aromatic N) is 2. The summed E-state index contributed by atoms with van der Waals surface area (Å²) < 4.78 is 5.22. The van der Waals surface area contributed by atoms with Gasteiger partial charge >= 0.3 is 0 Å². The van der Waals surface area contributed by atoms with Gasteiger partial charge in [0.2, 0.25) is 0 Å². The molecule has 0 fully saturated rings. The molecule has 2 aromatic heterocycles. The maximum atomic E-state index is 12.2. The number of nitrogens with two attached hydrogens (primary N) is 1. The molecule has 0 aliphatic rings. The zero-order valence-electron chi connectivity index (χ0n) is 11.2. The van der Waals surface area contributed by atoms with Gasteiger partial charge in [-0.25, -0.2) is 4.98 Å². The van der Waals surface area contributed by atoms with E-state index in [4.69, 9.17) is 10.2 Å². The Morgan fingerprint density at radius 3 is 2.89 bits per heavy atom. The first-order chi connectivity index (χ1) is 8.99. The molecule has 6 heteroatoms. The minimum atomic E-state index is -0.145. The highest BCUT2D eigenvalue weighted by Gasteiger charge is 2.17. The molecule has 0 saturated heterocycles. The molecular weight excluding hydrogens is 262 g/mol. The number of carbonyl (C=O) groups is 1. The molecule has 1 amide bonds. The predicted molar refractivity (Wildman–Crippen MR) is 74.0 cm³/mol. The summed E-state index contributed by atoms with van der Waals surface area (Å²) in [6.07, 6.45) is 1.63. The zero-order valence-corrected chi connectivity index (χ0v) is 12.0. The van der Waals surface area contributed by atoms with Gasteiger partial charge in [-0.3, -0.25) is 4.79 Å². The molecule has 2 heterocycles. The number of furan rings is 1. The molecular formula is C13H17N3O2S. The van der Waals surface area contributed by atoms with Crippen LogP contribution in [0.1, 0.15) is 39.8 Å². The van der Waals surface area contributed by atoms with Crippen LogP contribution in [0.3, 0.4) is 0 Å². The summed E-state index contributed by atoms with van der Waals surface area (Å²) in [5.41, 5.74) is 7.19. The van der Waals surface area contributed by atoms with Crippen LogP contribution in [0.2, 0.25) is 0 Å². The van der Waals surface area contributed by atoms with Crippen molar-refractivity contribution in [3.8, 4) is 0 Å². The molecule has 2 rings (SSSR count). The van der Waals surface area contributed by atoms with Crippen molar-refractivity contribution in [2.24, 2.45) is 5.73 Å². The molecule has 0 aromatic carbocycles. The molecule has 0 aliphatic carbocycles. The molecule has 0 aliphatic heterocycles. The normalized spacial score (nSPS) is 12.4. The van der Waals surface area contributed by atoms with E-state index in [1.54, 1.807) is 23.6 Å². The number of hydrogen-bond donors (Lipinski definition) is 1. The standard InChI is InChI=1S/C13H17N3O2S/c1-8(14)12-15-11(7-19-12)13(17)16(3)6-10-4-5-18-9(10)2/h4-5,7-8H,6,14H2,1-3H3. The van der Waals surface area contributed by atoms with Crippen LogP contribution >= 0.6 is 11.3 Å². The van der Waals surface area contributed by atoms with Crippen molar-refractivity contribution in [3.05, 3.63) is 39.7 Å². The van der Waals surface area contributed by atoms with E-state index in [0.29, 0.717) is 12.2 Å². The number of hydrogen-bond acceptors (Lipinski definition) is 5. The van der Waals surface area contributed by atoms with Gasteiger partial charge in [-0.05, 0) is 19.9 Å². The fourth-order valence-electron chi connectivity index (χ4n) is 1.69. The maximum absolute atomic E-state index is 12.2. The third-order valence-electron chi connectivity index (χ3n) is 2.85. The average Bonchev–Trinajstić information content (AvgIpc) is 2.98. The summed E-state index contributed by atoms with van der Waals surface area (Å²) >= 11 is 1.41. The lowest BCUT2D eigenvalue weighted by atomic mass is 10.2. The Labute approximate surface area is 116 Å². The van der Waals surface area contributed by atoms with E-state index in [1.807, 2.05) is 19.9 Å². The molecule has 5 nitrogen and oxygen atoms in total. The fraction of sp³-hybridized carbons (Fsp3) is 0.385. The van der Waals surface area contributed by atoms with E-state index in [0.717, 1.165) is 16.3 Å². The summed E-state index contributed by atoms with van der Waals surface area (Å²) in [5, 5.41) is 2.52. The Morgan fingerprint density at radius 1 is 1.63 bits per heavy atom. The highest BCUT2D eigenvalue weighted by atomic mass is 32.1. The molecule has 1 unspecified atom stereocenters. The second-order valence-electron chi connectivity index (χ2n) is 4.52. The Bertz CT molecular complexity index is 574. The van der Waals surface area contributed by atoms with Crippen LogP contribution in [0.15, 0.2) is 22.1 Å². The van der Waals surface area contributed by atoms with Crippen molar-refractivity contribution >= 4 is 17.2 Å². The van der Waals surface area contributed by atoms with E-state index in [-0.39, 0.29) is 11.9 Å². The van der Waals surface area contributed by atoms with Crippen molar-refractivity contribution in [2.75, 3.05) is 7.05 Å². The summed E-state index contributed by atoms with van der Waals surface area (Å²) in [6, 6.07) is 1.72. The van der Waals surface area contributed by atoms with Gasteiger partial charge in [0.1, 0.15) is 16.5 Å². The summed E-state index contributed by atoms with van der Waals surface area (Å²) in [4.78, 5) is 18.1. The van der Waals surface area contributed by atoms with Gasteiger partial charge in [0.15, 0.2) is 0 Å². The largest absolute Gasteiger partial charge is 0.469 e. The third-order valence-corrected chi connectivity index (χ3v) is 3.90. The van der Waals surface area contributed by atoms with Gasteiger partial charge in [0.05, 0.1) is 12.3 Å². The number of aryl methyl sites for hydroxylation is 1. The quantitative estimate of drug-likeness (QED) is 0.932. The second kappa shape index (κ2) is 5.54. The van der Waals surface area contributed by atoms with Crippen molar-refractivity contribution in [1.82, 2.24) is 9.88 Å². The van der Waals surface area contributed by atoms with Crippen LogP contribution in [0.25, 0.3) is 0 Å². The Balaban J connectivity index is 2.08. The molecule has 0 saturated carbocycles.